The molecule has 1 aromatic heterocycles. The van der Waals surface area contributed by atoms with Crippen LogP contribution in [-0.2, 0) is 13.5 Å². The third-order valence-electron chi connectivity index (χ3n) is 5.03. The van der Waals surface area contributed by atoms with E-state index < -0.39 is 0 Å². The maximum Gasteiger partial charge on any atom is 0.130 e. The van der Waals surface area contributed by atoms with Crippen LogP contribution in [0, 0.1) is 24.7 Å². The average molecular weight is 298 g/mol. The Labute approximate surface area is 128 Å². The van der Waals surface area contributed by atoms with Gasteiger partial charge in [-0.3, -0.25) is 4.68 Å². The maximum absolute atomic E-state index is 6.41. The highest BCUT2D eigenvalue weighted by Gasteiger charge is 2.30. The SMILES string of the molecule is CCC1CCC(CNC)C(Cc2c(C)nn(C)c2Cl)C1. The van der Waals surface area contributed by atoms with Gasteiger partial charge in [0.1, 0.15) is 5.15 Å². The molecule has 1 N–H and O–H groups in total. The molecule has 0 aromatic carbocycles. The first-order valence-corrected chi connectivity index (χ1v) is 8.27. The molecule has 0 spiro atoms. The molecule has 3 atom stereocenters. The van der Waals surface area contributed by atoms with Crippen molar-refractivity contribution in [1.82, 2.24) is 15.1 Å². The molecule has 1 fully saturated rings. The molecule has 1 aliphatic rings. The molecule has 4 heteroatoms. The number of aromatic nitrogens is 2. The van der Waals surface area contributed by atoms with Crippen LogP contribution < -0.4 is 5.32 Å². The van der Waals surface area contributed by atoms with E-state index in [0.717, 1.165) is 41.6 Å². The van der Waals surface area contributed by atoms with Gasteiger partial charge in [0.2, 0.25) is 0 Å². The van der Waals surface area contributed by atoms with Crippen LogP contribution in [0.4, 0.5) is 0 Å². The van der Waals surface area contributed by atoms with Crippen LogP contribution in [0.3, 0.4) is 0 Å². The number of rotatable bonds is 5. The summed E-state index contributed by atoms with van der Waals surface area (Å²) in [5, 5.41) is 8.65. The standard InChI is InChI=1S/C16H28ClN3/c1-5-12-6-7-13(10-18-3)14(8-12)9-15-11(2)19-20(4)16(15)17/h12-14,18H,5-10H2,1-4H3. The van der Waals surface area contributed by atoms with Gasteiger partial charge in [0.15, 0.2) is 0 Å². The van der Waals surface area contributed by atoms with Gasteiger partial charge in [-0.2, -0.15) is 5.10 Å². The Morgan fingerprint density at radius 1 is 1.35 bits per heavy atom. The van der Waals surface area contributed by atoms with E-state index in [1.54, 1.807) is 4.68 Å². The van der Waals surface area contributed by atoms with Gasteiger partial charge in [-0.05, 0) is 57.5 Å². The lowest BCUT2D eigenvalue weighted by atomic mass is 9.71. The Morgan fingerprint density at radius 2 is 2.10 bits per heavy atom. The summed E-state index contributed by atoms with van der Waals surface area (Å²) in [5.41, 5.74) is 2.36. The second kappa shape index (κ2) is 6.95. The van der Waals surface area contributed by atoms with E-state index in [2.05, 4.69) is 31.3 Å². The summed E-state index contributed by atoms with van der Waals surface area (Å²) in [6.07, 6.45) is 6.47. The summed E-state index contributed by atoms with van der Waals surface area (Å²) >= 11 is 6.41. The molecular formula is C16H28ClN3. The predicted octanol–water partition coefficient (Wildman–Crippen LogP) is 3.59. The minimum absolute atomic E-state index is 0.738. The molecular weight excluding hydrogens is 270 g/mol. The molecule has 0 amide bonds. The van der Waals surface area contributed by atoms with E-state index in [-0.39, 0.29) is 0 Å². The van der Waals surface area contributed by atoms with Crippen molar-refractivity contribution in [2.75, 3.05) is 13.6 Å². The summed E-state index contributed by atoms with van der Waals surface area (Å²) < 4.78 is 1.80. The molecule has 3 nitrogen and oxygen atoms in total. The van der Waals surface area contributed by atoms with Gasteiger partial charge in [-0.1, -0.05) is 31.4 Å². The second-order valence-corrected chi connectivity index (χ2v) is 6.71. The van der Waals surface area contributed by atoms with Crippen molar-refractivity contribution in [2.24, 2.45) is 24.8 Å². The molecule has 1 aromatic rings. The zero-order chi connectivity index (χ0) is 14.7. The van der Waals surface area contributed by atoms with Crippen LogP contribution in [0.25, 0.3) is 0 Å². The van der Waals surface area contributed by atoms with Crippen LogP contribution >= 0.6 is 11.6 Å². The summed E-state index contributed by atoms with van der Waals surface area (Å²) in [6.45, 7) is 5.52. The van der Waals surface area contributed by atoms with Crippen LogP contribution in [0.1, 0.15) is 43.9 Å². The summed E-state index contributed by atoms with van der Waals surface area (Å²) in [7, 11) is 3.99. The Bertz CT molecular complexity index is 441. The van der Waals surface area contributed by atoms with Crippen molar-refractivity contribution in [3.8, 4) is 0 Å². The fourth-order valence-corrected chi connectivity index (χ4v) is 4.00. The van der Waals surface area contributed by atoms with Gasteiger partial charge < -0.3 is 5.32 Å². The molecule has 0 bridgehead atoms. The van der Waals surface area contributed by atoms with E-state index in [4.69, 9.17) is 11.6 Å². The molecule has 2 rings (SSSR count). The van der Waals surface area contributed by atoms with Gasteiger partial charge in [0.25, 0.3) is 0 Å². The normalized spacial score (nSPS) is 26.9. The highest BCUT2D eigenvalue weighted by atomic mass is 35.5. The summed E-state index contributed by atoms with van der Waals surface area (Å²) in [6, 6.07) is 0. The number of hydrogen-bond donors (Lipinski definition) is 1. The molecule has 1 aliphatic carbocycles. The zero-order valence-corrected chi connectivity index (χ0v) is 14.0. The molecule has 114 valence electrons. The van der Waals surface area contributed by atoms with Crippen LogP contribution in [0.15, 0.2) is 0 Å². The minimum Gasteiger partial charge on any atom is -0.319 e. The quantitative estimate of drug-likeness (QED) is 0.900. The van der Waals surface area contributed by atoms with E-state index in [0.29, 0.717) is 0 Å². The van der Waals surface area contributed by atoms with Gasteiger partial charge >= 0.3 is 0 Å². The largest absolute Gasteiger partial charge is 0.319 e. The van der Waals surface area contributed by atoms with E-state index >= 15 is 0 Å². The summed E-state index contributed by atoms with van der Waals surface area (Å²) in [5.74, 6) is 2.41. The fraction of sp³-hybridized carbons (Fsp3) is 0.812. The minimum atomic E-state index is 0.738. The highest BCUT2D eigenvalue weighted by Crippen LogP contribution is 2.38. The van der Waals surface area contributed by atoms with Crippen molar-refractivity contribution < 1.29 is 0 Å². The Kier molecular flexibility index (Phi) is 5.50. The highest BCUT2D eigenvalue weighted by molar-refractivity contribution is 6.30. The number of aryl methyl sites for hydroxylation is 2. The maximum atomic E-state index is 6.41. The fourth-order valence-electron chi connectivity index (χ4n) is 3.74. The van der Waals surface area contributed by atoms with Gasteiger partial charge in [-0.15, -0.1) is 0 Å². The Balaban J connectivity index is 2.13. The lowest BCUT2D eigenvalue weighted by molar-refractivity contribution is 0.173. The van der Waals surface area contributed by atoms with E-state index in [1.165, 1.54) is 31.2 Å². The summed E-state index contributed by atoms with van der Waals surface area (Å²) in [4.78, 5) is 0. The topological polar surface area (TPSA) is 29.9 Å². The lowest BCUT2D eigenvalue weighted by Crippen LogP contribution is -2.33. The first-order valence-electron chi connectivity index (χ1n) is 7.89. The number of halogens is 1. The van der Waals surface area contributed by atoms with Crippen molar-refractivity contribution >= 4 is 11.6 Å². The van der Waals surface area contributed by atoms with Crippen LogP contribution in [0.2, 0.25) is 5.15 Å². The number of nitrogens with zero attached hydrogens (tertiary/aromatic N) is 2. The van der Waals surface area contributed by atoms with E-state index in [9.17, 15) is 0 Å². The van der Waals surface area contributed by atoms with Crippen molar-refractivity contribution in [3.63, 3.8) is 0 Å². The first-order chi connectivity index (χ1) is 9.56. The smallest absolute Gasteiger partial charge is 0.130 e. The predicted molar refractivity (Wildman–Crippen MR) is 85.2 cm³/mol. The van der Waals surface area contributed by atoms with Crippen molar-refractivity contribution in [3.05, 3.63) is 16.4 Å². The molecule has 0 aliphatic heterocycles. The zero-order valence-electron chi connectivity index (χ0n) is 13.2. The third kappa shape index (κ3) is 3.37. The molecule has 0 saturated heterocycles. The number of hydrogen-bond acceptors (Lipinski definition) is 2. The lowest BCUT2D eigenvalue weighted by Gasteiger charge is -2.36. The van der Waals surface area contributed by atoms with Crippen molar-refractivity contribution in [2.45, 2.75) is 46.0 Å². The van der Waals surface area contributed by atoms with Crippen LogP contribution in [-0.4, -0.2) is 23.4 Å². The van der Waals surface area contributed by atoms with Gasteiger partial charge in [0.05, 0.1) is 5.69 Å². The Morgan fingerprint density at radius 3 is 2.65 bits per heavy atom. The molecule has 20 heavy (non-hydrogen) atoms. The van der Waals surface area contributed by atoms with Gasteiger partial charge in [-0.25, -0.2) is 0 Å². The van der Waals surface area contributed by atoms with Gasteiger partial charge in [0, 0.05) is 12.6 Å². The first kappa shape index (κ1) is 15.8. The monoisotopic (exact) mass is 297 g/mol. The molecule has 3 unspecified atom stereocenters. The van der Waals surface area contributed by atoms with Crippen LogP contribution in [0.5, 0.6) is 0 Å². The molecule has 1 saturated carbocycles. The molecule has 1 heterocycles. The second-order valence-electron chi connectivity index (χ2n) is 6.35. The van der Waals surface area contributed by atoms with Crippen molar-refractivity contribution in [1.29, 1.82) is 0 Å². The average Bonchev–Trinajstić information content (AvgIpc) is 2.67. The Hall–Kier alpha value is -0.540. The molecule has 0 radical (unpaired) electrons. The third-order valence-corrected chi connectivity index (χ3v) is 5.50. The number of nitrogens with one attached hydrogen (secondary N) is 1. The van der Waals surface area contributed by atoms with E-state index in [1.807, 2.05) is 7.05 Å².